The molecule has 0 aliphatic heterocycles. The van der Waals surface area contributed by atoms with Crippen LogP contribution in [0.5, 0.6) is 11.5 Å². The minimum absolute atomic E-state index is 0.274. The standard InChI is InChI=1S/C24H38O4/c1-4-7-10-11-12-13-14-20-17-18-21(27-23(25)15-8-5-2)22(19-20)28-24(26)16-9-6-3/h17-19H,4-16H2,1-3H3. The Labute approximate surface area is 171 Å². The van der Waals surface area contributed by atoms with Gasteiger partial charge in [0.2, 0.25) is 0 Å². The summed E-state index contributed by atoms with van der Waals surface area (Å²) in [5.74, 6) is 0.160. The molecule has 0 heterocycles. The highest BCUT2D eigenvalue weighted by molar-refractivity contribution is 5.76. The van der Waals surface area contributed by atoms with Crippen LogP contribution in [0.3, 0.4) is 0 Å². The van der Waals surface area contributed by atoms with Gasteiger partial charge in [-0.1, -0.05) is 71.8 Å². The highest BCUT2D eigenvalue weighted by Crippen LogP contribution is 2.30. The van der Waals surface area contributed by atoms with Crippen molar-refractivity contribution in [2.75, 3.05) is 0 Å². The molecule has 0 spiro atoms. The van der Waals surface area contributed by atoms with E-state index in [1.54, 1.807) is 6.07 Å². The van der Waals surface area contributed by atoms with Crippen molar-refractivity contribution in [3.05, 3.63) is 23.8 Å². The number of hydrogen-bond acceptors (Lipinski definition) is 4. The molecule has 0 fully saturated rings. The zero-order valence-electron chi connectivity index (χ0n) is 18.1. The first-order chi connectivity index (χ1) is 13.6. The van der Waals surface area contributed by atoms with Crippen LogP contribution in [0, 0.1) is 0 Å². The van der Waals surface area contributed by atoms with E-state index in [0.29, 0.717) is 24.3 Å². The lowest BCUT2D eigenvalue weighted by molar-refractivity contribution is -0.137. The second-order valence-corrected chi connectivity index (χ2v) is 7.45. The fraction of sp³-hybridized carbons (Fsp3) is 0.667. The van der Waals surface area contributed by atoms with E-state index in [2.05, 4.69) is 6.92 Å². The smallest absolute Gasteiger partial charge is 0.311 e. The van der Waals surface area contributed by atoms with Gasteiger partial charge in [-0.2, -0.15) is 0 Å². The lowest BCUT2D eigenvalue weighted by atomic mass is 10.0. The summed E-state index contributed by atoms with van der Waals surface area (Å²) < 4.78 is 11.0. The molecule has 0 aromatic heterocycles. The molecule has 158 valence electrons. The molecule has 0 aliphatic rings. The van der Waals surface area contributed by atoms with Crippen LogP contribution in [0.1, 0.15) is 103 Å². The van der Waals surface area contributed by atoms with Gasteiger partial charge in [0, 0.05) is 12.8 Å². The number of carbonyl (C=O) groups excluding carboxylic acids is 2. The van der Waals surface area contributed by atoms with Crippen LogP contribution in [0.4, 0.5) is 0 Å². The van der Waals surface area contributed by atoms with E-state index in [0.717, 1.165) is 44.1 Å². The van der Waals surface area contributed by atoms with Gasteiger partial charge in [0.15, 0.2) is 11.5 Å². The second-order valence-electron chi connectivity index (χ2n) is 7.45. The third-order valence-corrected chi connectivity index (χ3v) is 4.74. The Morgan fingerprint density at radius 3 is 1.82 bits per heavy atom. The van der Waals surface area contributed by atoms with E-state index >= 15 is 0 Å². The third-order valence-electron chi connectivity index (χ3n) is 4.74. The monoisotopic (exact) mass is 390 g/mol. The number of carbonyl (C=O) groups is 2. The topological polar surface area (TPSA) is 52.6 Å². The first-order valence-electron chi connectivity index (χ1n) is 11.1. The molecule has 0 saturated heterocycles. The van der Waals surface area contributed by atoms with Crippen molar-refractivity contribution in [1.82, 2.24) is 0 Å². The van der Waals surface area contributed by atoms with Crippen molar-refractivity contribution < 1.29 is 19.1 Å². The summed E-state index contributed by atoms with van der Waals surface area (Å²) in [4.78, 5) is 24.1. The van der Waals surface area contributed by atoms with Gasteiger partial charge in [0.05, 0.1) is 0 Å². The zero-order valence-corrected chi connectivity index (χ0v) is 18.1. The van der Waals surface area contributed by atoms with Gasteiger partial charge in [-0.25, -0.2) is 0 Å². The molecule has 0 unspecified atom stereocenters. The van der Waals surface area contributed by atoms with Crippen molar-refractivity contribution >= 4 is 11.9 Å². The summed E-state index contributed by atoms with van der Waals surface area (Å²) in [5.41, 5.74) is 1.11. The van der Waals surface area contributed by atoms with Crippen molar-refractivity contribution in [1.29, 1.82) is 0 Å². The summed E-state index contributed by atoms with van der Waals surface area (Å²) in [6, 6.07) is 5.59. The Morgan fingerprint density at radius 2 is 1.21 bits per heavy atom. The molecule has 0 saturated carbocycles. The number of rotatable bonds is 15. The number of aryl methyl sites for hydroxylation is 1. The van der Waals surface area contributed by atoms with Gasteiger partial charge in [-0.3, -0.25) is 9.59 Å². The Balaban J connectivity index is 2.72. The van der Waals surface area contributed by atoms with Gasteiger partial charge in [-0.15, -0.1) is 0 Å². The number of unbranched alkanes of at least 4 members (excludes halogenated alkanes) is 7. The lowest BCUT2D eigenvalue weighted by Crippen LogP contribution is -2.12. The molecule has 1 aromatic carbocycles. The Kier molecular flexibility index (Phi) is 13.1. The van der Waals surface area contributed by atoms with Gasteiger partial charge in [-0.05, 0) is 43.4 Å². The molecule has 1 aromatic rings. The van der Waals surface area contributed by atoms with Crippen LogP contribution in [0.15, 0.2) is 18.2 Å². The maximum Gasteiger partial charge on any atom is 0.311 e. The van der Waals surface area contributed by atoms with E-state index in [-0.39, 0.29) is 11.9 Å². The van der Waals surface area contributed by atoms with Crippen molar-refractivity contribution in [3.8, 4) is 11.5 Å². The zero-order chi connectivity index (χ0) is 20.6. The minimum Gasteiger partial charge on any atom is -0.423 e. The van der Waals surface area contributed by atoms with Crippen LogP contribution in [-0.2, 0) is 16.0 Å². The molecule has 0 radical (unpaired) electrons. The van der Waals surface area contributed by atoms with Crippen LogP contribution >= 0.6 is 0 Å². The van der Waals surface area contributed by atoms with E-state index in [4.69, 9.17) is 9.47 Å². The molecular formula is C24H38O4. The highest BCUT2D eigenvalue weighted by Gasteiger charge is 2.14. The van der Waals surface area contributed by atoms with Crippen LogP contribution < -0.4 is 9.47 Å². The maximum absolute atomic E-state index is 12.1. The molecule has 0 bridgehead atoms. The first kappa shape index (κ1) is 24.2. The Morgan fingerprint density at radius 1 is 0.679 bits per heavy atom. The Bertz CT molecular complexity index is 580. The highest BCUT2D eigenvalue weighted by atomic mass is 16.6. The molecule has 0 aliphatic carbocycles. The van der Waals surface area contributed by atoms with E-state index < -0.39 is 0 Å². The minimum atomic E-state index is -0.281. The van der Waals surface area contributed by atoms with Crippen LogP contribution in [0.2, 0.25) is 0 Å². The van der Waals surface area contributed by atoms with E-state index in [1.807, 2.05) is 26.0 Å². The predicted octanol–water partition coefficient (Wildman–Crippen LogP) is 6.78. The molecule has 0 amide bonds. The molecule has 4 nitrogen and oxygen atoms in total. The molecule has 28 heavy (non-hydrogen) atoms. The summed E-state index contributed by atoms with van der Waals surface area (Å²) in [6.07, 6.45) is 12.6. The third kappa shape index (κ3) is 10.5. The first-order valence-corrected chi connectivity index (χ1v) is 11.1. The lowest BCUT2D eigenvalue weighted by Gasteiger charge is -2.12. The fourth-order valence-electron chi connectivity index (χ4n) is 2.97. The number of ether oxygens (including phenoxy) is 2. The van der Waals surface area contributed by atoms with Crippen molar-refractivity contribution in [2.24, 2.45) is 0 Å². The quantitative estimate of drug-likeness (QED) is 0.188. The molecule has 4 heteroatoms. The molecule has 0 atom stereocenters. The molecule has 0 N–H and O–H groups in total. The SMILES string of the molecule is CCCCCCCCc1ccc(OC(=O)CCCC)c(OC(=O)CCCC)c1. The summed E-state index contributed by atoms with van der Waals surface area (Å²) in [5, 5.41) is 0. The van der Waals surface area contributed by atoms with E-state index in [1.165, 1.54) is 32.1 Å². The van der Waals surface area contributed by atoms with Crippen molar-refractivity contribution in [2.45, 2.75) is 104 Å². The van der Waals surface area contributed by atoms with Gasteiger partial charge in [0.1, 0.15) is 0 Å². The number of esters is 2. The van der Waals surface area contributed by atoms with E-state index in [9.17, 15) is 9.59 Å². The van der Waals surface area contributed by atoms with Gasteiger partial charge in [0.25, 0.3) is 0 Å². The fourth-order valence-corrected chi connectivity index (χ4v) is 2.97. The van der Waals surface area contributed by atoms with Crippen LogP contribution in [-0.4, -0.2) is 11.9 Å². The largest absolute Gasteiger partial charge is 0.423 e. The summed E-state index contributed by atoms with van der Waals surface area (Å²) in [7, 11) is 0. The molecule has 1 rings (SSSR count). The van der Waals surface area contributed by atoms with Gasteiger partial charge >= 0.3 is 11.9 Å². The summed E-state index contributed by atoms with van der Waals surface area (Å²) >= 11 is 0. The maximum atomic E-state index is 12.1. The Hall–Kier alpha value is -1.84. The second kappa shape index (κ2) is 15.1. The van der Waals surface area contributed by atoms with Crippen molar-refractivity contribution in [3.63, 3.8) is 0 Å². The summed E-state index contributed by atoms with van der Waals surface area (Å²) in [6.45, 7) is 6.29. The average Bonchev–Trinajstić information content (AvgIpc) is 2.69. The average molecular weight is 391 g/mol. The number of benzene rings is 1. The number of hydrogen-bond donors (Lipinski definition) is 0. The van der Waals surface area contributed by atoms with Crippen LogP contribution in [0.25, 0.3) is 0 Å². The predicted molar refractivity (Wildman–Crippen MR) is 114 cm³/mol. The van der Waals surface area contributed by atoms with Gasteiger partial charge < -0.3 is 9.47 Å². The normalized spacial score (nSPS) is 10.7. The molecular weight excluding hydrogens is 352 g/mol.